The Morgan fingerprint density at radius 1 is 1.22 bits per heavy atom. The van der Waals surface area contributed by atoms with Crippen molar-refractivity contribution in [3.8, 4) is 0 Å². The normalized spacial score (nSPS) is 11.8. The summed E-state index contributed by atoms with van der Waals surface area (Å²) < 4.78 is 36.5. The third-order valence-corrected chi connectivity index (χ3v) is 3.37. The van der Waals surface area contributed by atoms with E-state index in [1.54, 1.807) is 12.1 Å². The van der Waals surface area contributed by atoms with Crippen LogP contribution >= 0.6 is 27.5 Å². The molecule has 0 atom stereocenters. The molecule has 1 nitrogen and oxygen atoms in total. The molecule has 0 aliphatic rings. The Kier molecular flexibility index (Phi) is 6.46. The van der Waals surface area contributed by atoms with Crippen molar-refractivity contribution in [2.24, 2.45) is 0 Å². The van der Waals surface area contributed by atoms with Crippen LogP contribution in [0.5, 0.6) is 0 Å². The quantitative estimate of drug-likeness (QED) is 0.722. The highest BCUT2D eigenvalue weighted by atomic mass is 79.9. The fourth-order valence-electron chi connectivity index (χ4n) is 1.46. The van der Waals surface area contributed by atoms with Crippen molar-refractivity contribution in [2.75, 3.05) is 6.54 Å². The van der Waals surface area contributed by atoms with Crippen molar-refractivity contribution >= 4 is 27.5 Å². The Morgan fingerprint density at radius 2 is 1.94 bits per heavy atom. The van der Waals surface area contributed by atoms with Gasteiger partial charge in [0.2, 0.25) is 0 Å². The van der Waals surface area contributed by atoms with Gasteiger partial charge in [-0.15, -0.1) is 0 Å². The van der Waals surface area contributed by atoms with Gasteiger partial charge in [-0.1, -0.05) is 33.6 Å². The number of nitrogens with one attached hydrogen (secondary N) is 1. The molecule has 1 aromatic rings. The SMILES string of the molecule is FC(F)(F)CCCCNCc1ccc(Cl)cc1Br. The number of benzene rings is 1. The number of hydrogen-bond donors (Lipinski definition) is 1. The minimum atomic E-state index is -4.04. The van der Waals surface area contributed by atoms with Crippen LogP contribution < -0.4 is 5.32 Å². The van der Waals surface area contributed by atoms with E-state index < -0.39 is 12.6 Å². The molecule has 0 fully saturated rings. The van der Waals surface area contributed by atoms with E-state index in [-0.39, 0.29) is 6.42 Å². The molecule has 0 heterocycles. The summed E-state index contributed by atoms with van der Waals surface area (Å²) in [5.41, 5.74) is 1.04. The van der Waals surface area contributed by atoms with Crippen LogP contribution in [0.3, 0.4) is 0 Å². The minimum absolute atomic E-state index is 0.165. The number of hydrogen-bond acceptors (Lipinski definition) is 1. The molecular weight excluding hydrogens is 330 g/mol. The molecule has 0 saturated carbocycles. The number of alkyl halides is 3. The summed E-state index contributed by atoms with van der Waals surface area (Å²) in [6, 6.07) is 5.46. The van der Waals surface area contributed by atoms with E-state index in [0.717, 1.165) is 10.0 Å². The summed E-state index contributed by atoms with van der Waals surface area (Å²) in [6.07, 6.45) is -4.07. The lowest BCUT2D eigenvalue weighted by Crippen LogP contribution is -2.16. The predicted octanol–water partition coefficient (Wildman–Crippen LogP) is 4.92. The zero-order valence-electron chi connectivity index (χ0n) is 9.66. The maximum absolute atomic E-state index is 11.9. The summed E-state index contributed by atoms with van der Waals surface area (Å²) >= 11 is 9.19. The first kappa shape index (κ1) is 15.8. The lowest BCUT2D eigenvalue weighted by atomic mass is 10.2. The van der Waals surface area contributed by atoms with Crippen LogP contribution in [0.4, 0.5) is 13.2 Å². The van der Waals surface area contributed by atoms with Crippen LogP contribution in [0.1, 0.15) is 24.8 Å². The molecule has 0 aliphatic carbocycles. The number of halogens is 5. The van der Waals surface area contributed by atoms with Crippen LogP contribution in [-0.4, -0.2) is 12.7 Å². The zero-order valence-corrected chi connectivity index (χ0v) is 12.0. The highest BCUT2D eigenvalue weighted by molar-refractivity contribution is 9.10. The first-order chi connectivity index (χ1) is 8.38. The predicted molar refractivity (Wildman–Crippen MR) is 70.8 cm³/mol. The number of rotatable bonds is 6. The maximum atomic E-state index is 11.9. The molecular formula is C12H14BrClF3N. The second kappa shape index (κ2) is 7.36. The van der Waals surface area contributed by atoms with Crippen LogP contribution in [0, 0.1) is 0 Å². The highest BCUT2D eigenvalue weighted by Crippen LogP contribution is 2.22. The smallest absolute Gasteiger partial charge is 0.313 e. The first-order valence-electron chi connectivity index (χ1n) is 5.60. The van der Waals surface area contributed by atoms with E-state index >= 15 is 0 Å². The fourth-order valence-corrected chi connectivity index (χ4v) is 2.29. The summed E-state index contributed by atoms with van der Waals surface area (Å²) in [4.78, 5) is 0. The van der Waals surface area contributed by atoms with Gasteiger partial charge in [0.15, 0.2) is 0 Å². The van der Waals surface area contributed by atoms with E-state index in [1.807, 2.05) is 6.07 Å². The van der Waals surface area contributed by atoms with Gasteiger partial charge in [0.25, 0.3) is 0 Å². The first-order valence-corrected chi connectivity index (χ1v) is 6.77. The third kappa shape index (κ3) is 6.61. The molecule has 0 saturated heterocycles. The molecule has 1 rings (SSSR count). The van der Waals surface area contributed by atoms with Crippen LogP contribution in [-0.2, 0) is 6.54 Å². The monoisotopic (exact) mass is 343 g/mol. The van der Waals surface area contributed by atoms with E-state index in [4.69, 9.17) is 11.6 Å². The van der Waals surface area contributed by atoms with Crippen LogP contribution in [0.2, 0.25) is 5.02 Å². The highest BCUT2D eigenvalue weighted by Gasteiger charge is 2.25. The number of unbranched alkanes of at least 4 members (excludes halogenated alkanes) is 1. The van der Waals surface area contributed by atoms with Gasteiger partial charge in [0, 0.05) is 22.5 Å². The maximum Gasteiger partial charge on any atom is 0.389 e. The van der Waals surface area contributed by atoms with Gasteiger partial charge < -0.3 is 5.32 Å². The molecule has 1 N–H and O–H groups in total. The molecule has 1 aromatic carbocycles. The lowest BCUT2D eigenvalue weighted by molar-refractivity contribution is -0.135. The standard InChI is InChI=1S/C12H14BrClF3N/c13-11-7-10(14)4-3-9(11)8-18-6-2-1-5-12(15,16)17/h3-4,7,18H,1-2,5-6,8H2. The van der Waals surface area contributed by atoms with Gasteiger partial charge in [0.05, 0.1) is 0 Å². The molecule has 0 aromatic heterocycles. The van der Waals surface area contributed by atoms with Crippen molar-refractivity contribution in [3.05, 3.63) is 33.3 Å². The Balaban J connectivity index is 2.18. The van der Waals surface area contributed by atoms with E-state index in [1.165, 1.54) is 0 Å². The van der Waals surface area contributed by atoms with E-state index in [9.17, 15) is 13.2 Å². The third-order valence-electron chi connectivity index (χ3n) is 2.39. The van der Waals surface area contributed by atoms with Crippen LogP contribution in [0.15, 0.2) is 22.7 Å². The van der Waals surface area contributed by atoms with Crippen molar-refractivity contribution in [2.45, 2.75) is 32.0 Å². The van der Waals surface area contributed by atoms with Crippen molar-refractivity contribution in [3.63, 3.8) is 0 Å². The van der Waals surface area contributed by atoms with Gasteiger partial charge in [0.1, 0.15) is 0 Å². The average molecular weight is 345 g/mol. The second-order valence-electron chi connectivity index (χ2n) is 3.98. The minimum Gasteiger partial charge on any atom is -0.313 e. The van der Waals surface area contributed by atoms with E-state index in [2.05, 4.69) is 21.2 Å². The molecule has 0 unspecified atom stereocenters. The van der Waals surface area contributed by atoms with E-state index in [0.29, 0.717) is 24.5 Å². The van der Waals surface area contributed by atoms with Gasteiger partial charge in [-0.3, -0.25) is 0 Å². The molecule has 0 bridgehead atoms. The Bertz CT molecular complexity index is 382. The topological polar surface area (TPSA) is 12.0 Å². The van der Waals surface area contributed by atoms with Crippen molar-refractivity contribution in [1.82, 2.24) is 5.32 Å². The van der Waals surface area contributed by atoms with Gasteiger partial charge in [-0.05, 0) is 37.1 Å². The molecule has 0 amide bonds. The summed E-state index contributed by atoms with van der Waals surface area (Å²) in [5.74, 6) is 0. The van der Waals surface area contributed by atoms with Gasteiger partial charge >= 0.3 is 6.18 Å². The summed E-state index contributed by atoms with van der Waals surface area (Å²) in [7, 11) is 0. The summed E-state index contributed by atoms with van der Waals surface area (Å²) in [6.45, 7) is 1.19. The Morgan fingerprint density at radius 3 is 2.56 bits per heavy atom. The Labute approximate surface area is 118 Å². The summed E-state index contributed by atoms with van der Waals surface area (Å²) in [5, 5.41) is 3.76. The van der Waals surface area contributed by atoms with Crippen molar-refractivity contribution < 1.29 is 13.2 Å². The molecule has 0 aliphatic heterocycles. The lowest BCUT2D eigenvalue weighted by Gasteiger charge is -2.08. The molecule has 0 spiro atoms. The fraction of sp³-hybridized carbons (Fsp3) is 0.500. The average Bonchev–Trinajstić information content (AvgIpc) is 2.24. The molecule has 0 radical (unpaired) electrons. The molecule has 6 heteroatoms. The Hall–Kier alpha value is -0.260. The van der Waals surface area contributed by atoms with Crippen molar-refractivity contribution in [1.29, 1.82) is 0 Å². The second-order valence-corrected chi connectivity index (χ2v) is 5.28. The molecule has 18 heavy (non-hydrogen) atoms. The van der Waals surface area contributed by atoms with Crippen LogP contribution in [0.25, 0.3) is 0 Å². The largest absolute Gasteiger partial charge is 0.389 e. The van der Waals surface area contributed by atoms with Gasteiger partial charge in [-0.2, -0.15) is 13.2 Å². The zero-order chi connectivity index (χ0) is 13.6. The van der Waals surface area contributed by atoms with Gasteiger partial charge in [-0.25, -0.2) is 0 Å². The molecule has 102 valence electrons.